The average molecular weight is 358 g/mol. The fourth-order valence-electron chi connectivity index (χ4n) is 2.14. The average Bonchev–Trinajstić information content (AvgIpc) is 3.17. The molecule has 0 radical (unpaired) electrons. The SMILES string of the molecule is O=C(NCCOCc1ccccc1Cl)c1cccc(-n2cnnc2)n1. The number of aromatic nitrogens is 4. The fourth-order valence-corrected chi connectivity index (χ4v) is 2.33. The molecule has 0 spiro atoms. The van der Waals surface area contributed by atoms with Gasteiger partial charge < -0.3 is 10.1 Å². The van der Waals surface area contributed by atoms with Crippen molar-refractivity contribution in [1.82, 2.24) is 25.1 Å². The molecule has 8 heteroatoms. The van der Waals surface area contributed by atoms with Gasteiger partial charge in [0.05, 0.1) is 13.2 Å². The lowest BCUT2D eigenvalue weighted by Gasteiger charge is -2.08. The van der Waals surface area contributed by atoms with E-state index < -0.39 is 0 Å². The van der Waals surface area contributed by atoms with Crippen molar-refractivity contribution in [3.63, 3.8) is 0 Å². The van der Waals surface area contributed by atoms with Gasteiger partial charge in [0.2, 0.25) is 0 Å². The maximum atomic E-state index is 12.2. The zero-order chi connectivity index (χ0) is 17.5. The summed E-state index contributed by atoms with van der Waals surface area (Å²) in [6.45, 7) is 1.15. The number of carbonyl (C=O) groups is 1. The highest BCUT2D eigenvalue weighted by molar-refractivity contribution is 6.31. The van der Waals surface area contributed by atoms with E-state index in [1.165, 1.54) is 12.7 Å². The van der Waals surface area contributed by atoms with Crippen LogP contribution in [0.5, 0.6) is 0 Å². The number of nitrogens with one attached hydrogen (secondary N) is 1. The second-order valence-electron chi connectivity index (χ2n) is 5.15. The van der Waals surface area contributed by atoms with E-state index in [0.29, 0.717) is 36.3 Å². The lowest BCUT2D eigenvalue weighted by atomic mass is 10.2. The van der Waals surface area contributed by atoms with Crippen LogP contribution in [0.3, 0.4) is 0 Å². The Labute approximate surface area is 149 Å². The first kappa shape index (κ1) is 17.1. The topological polar surface area (TPSA) is 81.9 Å². The third-order valence-corrected chi connectivity index (χ3v) is 3.77. The van der Waals surface area contributed by atoms with Crippen LogP contribution in [0.25, 0.3) is 5.82 Å². The summed E-state index contributed by atoms with van der Waals surface area (Å²) in [5.74, 6) is 0.309. The molecule has 3 rings (SSSR count). The van der Waals surface area contributed by atoms with Gasteiger partial charge in [-0.15, -0.1) is 10.2 Å². The maximum absolute atomic E-state index is 12.2. The van der Waals surface area contributed by atoms with Crippen LogP contribution in [-0.2, 0) is 11.3 Å². The summed E-state index contributed by atoms with van der Waals surface area (Å²) in [5.41, 5.74) is 1.23. The largest absolute Gasteiger partial charge is 0.375 e. The molecule has 0 saturated heterocycles. The Morgan fingerprint density at radius 1 is 1.12 bits per heavy atom. The molecule has 25 heavy (non-hydrogen) atoms. The third-order valence-electron chi connectivity index (χ3n) is 3.40. The van der Waals surface area contributed by atoms with E-state index in [9.17, 15) is 4.79 Å². The third kappa shape index (κ3) is 4.62. The minimum absolute atomic E-state index is 0.267. The summed E-state index contributed by atoms with van der Waals surface area (Å²) < 4.78 is 7.16. The van der Waals surface area contributed by atoms with Gasteiger partial charge in [-0.1, -0.05) is 35.9 Å². The van der Waals surface area contributed by atoms with E-state index in [4.69, 9.17) is 16.3 Å². The van der Waals surface area contributed by atoms with E-state index in [0.717, 1.165) is 5.56 Å². The minimum Gasteiger partial charge on any atom is -0.375 e. The van der Waals surface area contributed by atoms with Crippen molar-refractivity contribution in [3.8, 4) is 5.82 Å². The molecule has 7 nitrogen and oxygen atoms in total. The smallest absolute Gasteiger partial charge is 0.270 e. The highest BCUT2D eigenvalue weighted by atomic mass is 35.5. The molecule has 0 aliphatic heterocycles. The molecular formula is C17H16ClN5O2. The second kappa shape index (κ2) is 8.36. The summed E-state index contributed by atoms with van der Waals surface area (Å²) in [7, 11) is 0. The molecule has 0 aliphatic rings. The zero-order valence-electron chi connectivity index (χ0n) is 13.3. The van der Waals surface area contributed by atoms with Gasteiger partial charge in [-0.05, 0) is 23.8 Å². The van der Waals surface area contributed by atoms with Crippen LogP contribution in [0.15, 0.2) is 55.1 Å². The minimum atomic E-state index is -0.267. The molecule has 0 unspecified atom stereocenters. The highest BCUT2D eigenvalue weighted by Crippen LogP contribution is 2.15. The van der Waals surface area contributed by atoms with Crippen molar-refractivity contribution in [2.75, 3.05) is 13.2 Å². The Balaban J connectivity index is 1.47. The van der Waals surface area contributed by atoms with Crippen LogP contribution in [-0.4, -0.2) is 38.8 Å². The van der Waals surface area contributed by atoms with Crippen LogP contribution in [0, 0.1) is 0 Å². The Hall–Kier alpha value is -2.77. The molecule has 0 bridgehead atoms. The predicted octanol–water partition coefficient (Wildman–Crippen LogP) is 2.26. The van der Waals surface area contributed by atoms with E-state index in [1.54, 1.807) is 22.8 Å². The molecule has 0 fully saturated rings. The van der Waals surface area contributed by atoms with Gasteiger partial charge in [-0.3, -0.25) is 9.36 Å². The lowest BCUT2D eigenvalue weighted by molar-refractivity contribution is 0.0896. The van der Waals surface area contributed by atoms with Gasteiger partial charge in [0.25, 0.3) is 5.91 Å². The van der Waals surface area contributed by atoms with Crippen LogP contribution in [0.4, 0.5) is 0 Å². The monoisotopic (exact) mass is 357 g/mol. The Morgan fingerprint density at radius 2 is 1.92 bits per heavy atom. The summed E-state index contributed by atoms with van der Waals surface area (Å²) in [4.78, 5) is 16.4. The van der Waals surface area contributed by atoms with Gasteiger partial charge in [-0.25, -0.2) is 4.98 Å². The molecule has 0 saturated carbocycles. The van der Waals surface area contributed by atoms with E-state index in [-0.39, 0.29) is 5.91 Å². The lowest BCUT2D eigenvalue weighted by Crippen LogP contribution is -2.28. The molecular weight excluding hydrogens is 342 g/mol. The number of ether oxygens (including phenoxy) is 1. The number of hydrogen-bond acceptors (Lipinski definition) is 5. The van der Waals surface area contributed by atoms with E-state index in [2.05, 4.69) is 20.5 Å². The Bertz CT molecular complexity index is 839. The summed E-state index contributed by atoms with van der Waals surface area (Å²) in [6.07, 6.45) is 3.04. The van der Waals surface area contributed by atoms with Gasteiger partial charge >= 0.3 is 0 Å². The molecule has 0 atom stereocenters. The number of halogens is 1. The van der Waals surface area contributed by atoms with Crippen LogP contribution in [0.1, 0.15) is 16.1 Å². The molecule has 1 aromatic carbocycles. The summed E-state index contributed by atoms with van der Waals surface area (Å²) in [5, 5.41) is 10.9. The quantitative estimate of drug-likeness (QED) is 0.656. The number of nitrogens with zero attached hydrogens (tertiary/aromatic N) is 4. The Morgan fingerprint density at radius 3 is 2.72 bits per heavy atom. The van der Waals surface area contributed by atoms with Crippen molar-refractivity contribution in [1.29, 1.82) is 0 Å². The van der Waals surface area contributed by atoms with E-state index in [1.807, 2.05) is 24.3 Å². The number of pyridine rings is 1. The number of rotatable bonds is 7. The van der Waals surface area contributed by atoms with Gasteiger partial charge in [0.1, 0.15) is 24.2 Å². The van der Waals surface area contributed by atoms with Gasteiger partial charge in [0.15, 0.2) is 0 Å². The first-order valence-corrected chi connectivity index (χ1v) is 8.03. The number of carbonyl (C=O) groups excluding carboxylic acids is 1. The first-order valence-electron chi connectivity index (χ1n) is 7.65. The van der Waals surface area contributed by atoms with Gasteiger partial charge in [-0.2, -0.15) is 0 Å². The highest BCUT2D eigenvalue weighted by Gasteiger charge is 2.08. The number of hydrogen-bond donors (Lipinski definition) is 1. The normalized spacial score (nSPS) is 10.6. The molecule has 128 valence electrons. The molecule has 0 aliphatic carbocycles. The van der Waals surface area contributed by atoms with Crippen LogP contribution >= 0.6 is 11.6 Å². The number of amides is 1. The van der Waals surface area contributed by atoms with Crippen molar-refractivity contribution in [3.05, 3.63) is 71.4 Å². The molecule has 2 heterocycles. The maximum Gasteiger partial charge on any atom is 0.270 e. The van der Waals surface area contributed by atoms with Crippen LogP contribution in [0.2, 0.25) is 5.02 Å². The standard InChI is InChI=1S/C17H16ClN5O2/c18-14-5-2-1-4-13(14)10-25-9-8-19-17(24)15-6-3-7-16(22-15)23-11-20-21-12-23/h1-7,11-12H,8-10H2,(H,19,24). The first-order chi connectivity index (χ1) is 12.2. The Kier molecular flexibility index (Phi) is 5.71. The van der Waals surface area contributed by atoms with Crippen molar-refractivity contribution in [2.45, 2.75) is 6.61 Å². The summed E-state index contributed by atoms with van der Waals surface area (Å²) >= 11 is 6.06. The van der Waals surface area contributed by atoms with Crippen molar-refractivity contribution >= 4 is 17.5 Å². The van der Waals surface area contributed by atoms with Crippen molar-refractivity contribution < 1.29 is 9.53 Å². The van der Waals surface area contributed by atoms with Crippen LogP contribution < -0.4 is 5.32 Å². The zero-order valence-corrected chi connectivity index (χ0v) is 14.1. The predicted molar refractivity (Wildman–Crippen MR) is 92.6 cm³/mol. The van der Waals surface area contributed by atoms with E-state index >= 15 is 0 Å². The van der Waals surface area contributed by atoms with Crippen molar-refractivity contribution in [2.24, 2.45) is 0 Å². The number of benzene rings is 1. The molecule has 1 amide bonds. The van der Waals surface area contributed by atoms with Gasteiger partial charge in [0, 0.05) is 11.6 Å². The fraction of sp³-hybridized carbons (Fsp3) is 0.176. The molecule has 1 N–H and O–H groups in total. The molecule has 2 aromatic heterocycles. The summed E-state index contributed by atoms with van der Waals surface area (Å²) in [6, 6.07) is 12.7. The molecule has 3 aromatic rings. The second-order valence-corrected chi connectivity index (χ2v) is 5.56.